The summed E-state index contributed by atoms with van der Waals surface area (Å²) < 4.78 is 42.1. The van der Waals surface area contributed by atoms with Crippen LogP contribution in [-0.2, 0) is 10.0 Å². The van der Waals surface area contributed by atoms with Crippen molar-refractivity contribution in [1.29, 1.82) is 0 Å². The molecule has 1 amide bonds. The van der Waals surface area contributed by atoms with Crippen molar-refractivity contribution < 1.29 is 22.4 Å². The van der Waals surface area contributed by atoms with Crippen LogP contribution in [0.4, 0.5) is 21.7 Å². The lowest BCUT2D eigenvalue weighted by atomic mass is 9.84. The minimum atomic E-state index is -3.56. The van der Waals surface area contributed by atoms with E-state index in [-0.39, 0.29) is 46.1 Å². The normalized spacial score (nSPS) is 20.9. The van der Waals surface area contributed by atoms with E-state index in [4.69, 9.17) is 10.7 Å². The van der Waals surface area contributed by atoms with Gasteiger partial charge in [-0.2, -0.15) is 4.31 Å². The molecule has 12 heteroatoms. The Morgan fingerprint density at radius 2 is 1.75 bits per heavy atom. The van der Waals surface area contributed by atoms with Gasteiger partial charge in [0.05, 0.1) is 16.7 Å². The van der Waals surface area contributed by atoms with E-state index in [0.29, 0.717) is 37.1 Å². The number of sulfonamides is 1. The van der Waals surface area contributed by atoms with E-state index in [0.717, 1.165) is 44.1 Å². The summed E-state index contributed by atoms with van der Waals surface area (Å²) in [5, 5.41) is 3.08. The van der Waals surface area contributed by atoms with Gasteiger partial charge in [0.15, 0.2) is 17.3 Å². The van der Waals surface area contributed by atoms with Crippen LogP contribution in [0.1, 0.15) is 84.2 Å². The Kier molecular flexibility index (Phi) is 8.38. The highest BCUT2D eigenvalue weighted by molar-refractivity contribution is 7.89. The molecule has 3 fully saturated rings. The predicted molar refractivity (Wildman–Crippen MR) is 165 cm³/mol. The fraction of sp³-hybridized carbons (Fsp3) is 0.438. The Labute approximate surface area is 256 Å². The summed E-state index contributed by atoms with van der Waals surface area (Å²) in [7, 11) is -3.56. The first-order valence-electron chi connectivity index (χ1n) is 15.2. The second-order valence-electron chi connectivity index (χ2n) is 12.0. The summed E-state index contributed by atoms with van der Waals surface area (Å²) in [5.74, 6) is -0.384. The van der Waals surface area contributed by atoms with Crippen molar-refractivity contribution in [1.82, 2.24) is 14.3 Å². The van der Waals surface area contributed by atoms with Gasteiger partial charge in [-0.3, -0.25) is 9.59 Å². The number of anilines is 3. The number of carbonyl (C=O) groups is 2. The number of halogens is 1. The number of aromatic nitrogens is 2. The molecular weight excluding hydrogens is 583 g/mol. The van der Waals surface area contributed by atoms with Gasteiger partial charge >= 0.3 is 0 Å². The van der Waals surface area contributed by atoms with Crippen molar-refractivity contribution in [2.45, 2.75) is 68.7 Å². The highest BCUT2D eigenvalue weighted by Gasteiger charge is 2.33. The van der Waals surface area contributed by atoms with Gasteiger partial charge in [-0.25, -0.2) is 22.8 Å². The van der Waals surface area contributed by atoms with Crippen LogP contribution < -0.4 is 16.0 Å². The molecule has 1 aliphatic carbocycles. The molecule has 3 aromatic rings. The summed E-state index contributed by atoms with van der Waals surface area (Å²) in [6, 6.07) is 11.2. The molecule has 1 saturated carbocycles. The van der Waals surface area contributed by atoms with E-state index < -0.39 is 21.7 Å². The Bertz CT molecular complexity index is 1670. The number of carbonyl (C=O) groups excluding carboxylic acids is 2. The SMILES string of the molecule is C[C@@H]1[C@H](CC(=O)c2ccc(C3CC3)cc2F)CCCN1c1cnc(C(N)=O)c(Nc2ccc(S(=O)(=O)N3CCCC3)cc2)n1. The fourth-order valence-electron chi connectivity index (χ4n) is 6.31. The van der Waals surface area contributed by atoms with Crippen LogP contribution in [0.25, 0.3) is 0 Å². The van der Waals surface area contributed by atoms with E-state index in [1.165, 1.54) is 28.7 Å². The summed E-state index contributed by atoms with van der Waals surface area (Å²) in [6.45, 7) is 3.71. The molecule has 0 unspecified atom stereocenters. The number of hydrogen-bond acceptors (Lipinski definition) is 8. The maximum Gasteiger partial charge on any atom is 0.271 e. The van der Waals surface area contributed by atoms with Gasteiger partial charge in [0, 0.05) is 37.8 Å². The number of Topliss-reactive ketones (excluding diaryl/α,β-unsaturated/α-hetero) is 1. The molecule has 1 aromatic heterocycles. The number of rotatable bonds is 10. The van der Waals surface area contributed by atoms with E-state index in [1.54, 1.807) is 18.2 Å². The van der Waals surface area contributed by atoms with Crippen LogP contribution in [0, 0.1) is 11.7 Å². The zero-order chi connectivity index (χ0) is 31.0. The lowest BCUT2D eigenvalue weighted by Crippen LogP contribution is -2.44. The molecule has 0 radical (unpaired) electrons. The van der Waals surface area contributed by atoms with Gasteiger partial charge in [-0.05, 0) is 99.2 Å². The Morgan fingerprint density at radius 3 is 2.41 bits per heavy atom. The number of primary amides is 1. The van der Waals surface area contributed by atoms with Gasteiger partial charge in [0.1, 0.15) is 11.6 Å². The number of nitrogens with zero attached hydrogens (tertiary/aromatic N) is 4. The van der Waals surface area contributed by atoms with Crippen molar-refractivity contribution in [2.24, 2.45) is 11.7 Å². The molecule has 10 nitrogen and oxygen atoms in total. The molecule has 3 heterocycles. The monoisotopic (exact) mass is 620 g/mol. The first-order valence-corrected chi connectivity index (χ1v) is 16.7. The zero-order valence-electron chi connectivity index (χ0n) is 24.7. The van der Waals surface area contributed by atoms with Crippen LogP contribution in [-0.4, -0.2) is 60.1 Å². The first-order chi connectivity index (χ1) is 21.1. The number of nitrogens with one attached hydrogen (secondary N) is 1. The van der Waals surface area contributed by atoms with Crippen LogP contribution in [0.15, 0.2) is 53.6 Å². The summed E-state index contributed by atoms with van der Waals surface area (Å²) in [4.78, 5) is 36.6. The fourth-order valence-corrected chi connectivity index (χ4v) is 7.82. The Balaban J connectivity index is 1.18. The van der Waals surface area contributed by atoms with Gasteiger partial charge in [-0.1, -0.05) is 6.07 Å². The topological polar surface area (TPSA) is 139 Å². The molecule has 3 aliphatic rings. The summed E-state index contributed by atoms with van der Waals surface area (Å²) >= 11 is 0. The van der Waals surface area contributed by atoms with Crippen LogP contribution in [0.5, 0.6) is 0 Å². The third-order valence-electron chi connectivity index (χ3n) is 9.04. The van der Waals surface area contributed by atoms with E-state index in [9.17, 15) is 22.4 Å². The third-order valence-corrected chi connectivity index (χ3v) is 11.0. The molecule has 2 atom stereocenters. The molecule has 0 bridgehead atoms. The maximum atomic E-state index is 14.8. The van der Waals surface area contributed by atoms with E-state index >= 15 is 0 Å². The molecule has 232 valence electrons. The van der Waals surface area contributed by atoms with Crippen LogP contribution in [0.3, 0.4) is 0 Å². The van der Waals surface area contributed by atoms with Crippen LogP contribution in [0.2, 0.25) is 0 Å². The van der Waals surface area contributed by atoms with E-state index in [1.807, 2.05) is 17.9 Å². The molecular formula is C32H37FN6O4S. The van der Waals surface area contributed by atoms with Gasteiger partial charge in [0.25, 0.3) is 5.91 Å². The molecule has 2 aromatic carbocycles. The van der Waals surface area contributed by atoms with Gasteiger partial charge in [0.2, 0.25) is 10.0 Å². The summed E-state index contributed by atoms with van der Waals surface area (Å²) in [5.41, 5.74) is 7.16. The number of hydrogen-bond donors (Lipinski definition) is 2. The van der Waals surface area contributed by atoms with Crippen molar-refractivity contribution in [3.63, 3.8) is 0 Å². The Morgan fingerprint density at radius 1 is 1.02 bits per heavy atom. The second kappa shape index (κ2) is 12.2. The van der Waals surface area contributed by atoms with Crippen molar-refractivity contribution in [2.75, 3.05) is 29.9 Å². The average Bonchev–Trinajstić information content (AvgIpc) is 3.70. The number of amides is 1. The lowest BCUT2D eigenvalue weighted by molar-refractivity contribution is 0.0940. The molecule has 0 spiro atoms. The maximum absolute atomic E-state index is 14.8. The highest BCUT2D eigenvalue weighted by atomic mass is 32.2. The first kappa shape index (κ1) is 30.1. The van der Waals surface area contributed by atoms with Crippen molar-refractivity contribution in [3.05, 3.63) is 71.3 Å². The molecule has 2 aliphatic heterocycles. The molecule has 3 N–H and O–H groups in total. The quantitative estimate of drug-likeness (QED) is 0.302. The number of ketones is 1. The third kappa shape index (κ3) is 6.18. The summed E-state index contributed by atoms with van der Waals surface area (Å²) in [6.07, 6.45) is 7.16. The average molecular weight is 621 g/mol. The number of benzene rings is 2. The highest BCUT2D eigenvalue weighted by Crippen LogP contribution is 2.40. The molecule has 6 rings (SSSR count). The van der Waals surface area contributed by atoms with Crippen molar-refractivity contribution in [3.8, 4) is 0 Å². The zero-order valence-corrected chi connectivity index (χ0v) is 25.5. The van der Waals surface area contributed by atoms with Gasteiger partial charge < -0.3 is 16.0 Å². The molecule has 44 heavy (non-hydrogen) atoms. The predicted octanol–water partition coefficient (Wildman–Crippen LogP) is 5.00. The van der Waals surface area contributed by atoms with Crippen molar-refractivity contribution >= 4 is 39.0 Å². The number of piperidine rings is 1. The minimum Gasteiger partial charge on any atom is -0.364 e. The van der Waals surface area contributed by atoms with E-state index in [2.05, 4.69) is 10.3 Å². The number of nitrogens with two attached hydrogens (primary N) is 1. The second-order valence-corrected chi connectivity index (χ2v) is 14.0. The smallest absolute Gasteiger partial charge is 0.271 e. The van der Waals surface area contributed by atoms with Crippen LogP contribution >= 0.6 is 0 Å². The Hall–Kier alpha value is -3.90. The largest absolute Gasteiger partial charge is 0.364 e. The standard InChI is InChI=1S/C32H37FN6O4S/c1-20-22(18-28(40)26-13-8-23(17-27(26)33)21-6-7-21)5-4-16-39(20)29-19-35-30(31(34)41)32(37-29)36-24-9-11-25(12-10-24)44(42,43)38-14-2-3-15-38/h8-13,17,19-22H,2-7,14-16,18H2,1H3,(H2,34,41)(H,36,37)/t20-,22+/m1/s1. The minimum absolute atomic E-state index is 0.0297. The van der Waals surface area contributed by atoms with Gasteiger partial charge in [-0.15, -0.1) is 0 Å². The molecule has 2 saturated heterocycles. The lowest BCUT2D eigenvalue weighted by Gasteiger charge is -2.40.